The Kier molecular flexibility index (Phi) is 6.71. The van der Waals surface area contributed by atoms with Gasteiger partial charge in [0.1, 0.15) is 18.9 Å². The second-order valence-corrected chi connectivity index (χ2v) is 5.96. The van der Waals surface area contributed by atoms with Gasteiger partial charge in [0.2, 0.25) is 11.8 Å². The average molecular weight is 345 g/mol. The predicted molar refractivity (Wildman–Crippen MR) is 92.8 cm³/mol. The Labute approximate surface area is 146 Å². The first-order valence-electron chi connectivity index (χ1n) is 8.10. The maximum Gasteiger partial charge on any atom is 0.249 e. The molecule has 7 nitrogen and oxygen atoms in total. The highest BCUT2D eigenvalue weighted by Crippen LogP contribution is 2.08. The van der Waals surface area contributed by atoms with E-state index >= 15 is 0 Å². The minimum Gasteiger partial charge on any atom is -0.367 e. The van der Waals surface area contributed by atoms with Gasteiger partial charge in [0.05, 0.1) is 6.61 Å². The summed E-state index contributed by atoms with van der Waals surface area (Å²) in [6.45, 7) is 5.63. The fourth-order valence-electron chi connectivity index (χ4n) is 2.23. The molecular formula is C18H23N3O4. The number of rotatable bonds is 8. The minimum absolute atomic E-state index is 0.0723. The molecule has 1 heterocycles. The summed E-state index contributed by atoms with van der Waals surface area (Å²) in [6, 6.07) is 11.1. The summed E-state index contributed by atoms with van der Waals surface area (Å²) in [5, 5.41) is 6.31. The summed E-state index contributed by atoms with van der Waals surface area (Å²) in [5.41, 5.74) is 0.991. The number of aromatic nitrogens is 1. The summed E-state index contributed by atoms with van der Waals surface area (Å²) in [6.07, 6.45) is 0. The van der Waals surface area contributed by atoms with Crippen LogP contribution in [0.15, 0.2) is 40.9 Å². The third-order valence-corrected chi connectivity index (χ3v) is 3.49. The molecule has 7 heteroatoms. The highest BCUT2D eigenvalue weighted by Gasteiger charge is 2.20. The Hall–Kier alpha value is -2.67. The largest absolute Gasteiger partial charge is 0.367 e. The number of nitrogens with zero attached hydrogens (tertiary/aromatic N) is 2. The SMILES string of the molecule is Cc1cc(NC(=O)CN(C(=O)COCc2ccccc2)C(C)C)no1. The first-order chi connectivity index (χ1) is 12.0. The minimum atomic E-state index is -0.335. The molecule has 0 unspecified atom stereocenters. The van der Waals surface area contributed by atoms with Gasteiger partial charge in [-0.1, -0.05) is 35.5 Å². The molecule has 0 aliphatic carbocycles. The molecule has 1 aromatic carbocycles. The molecule has 134 valence electrons. The lowest BCUT2D eigenvalue weighted by atomic mass is 10.2. The molecule has 0 saturated carbocycles. The lowest BCUT2D eigenvalue weighted by Crippen LogP contribution is -2.44. The summed E-state index contributed by atoms with van der Waals surface area (Å²) < 4.78 is 10.4. The highest BCUT2D eigenvalue weighted by atomic mass is 16.5. The second-order valence-electron chi connectivity index (χ2n) is 5.96. The zero-order chi connectivity index (χ0) is 18.2. The quantitative estimate of drug-likeness (QED) is 0.794. The van der Waals surface area contributed by atoms with Gasteiger partial charge in [-0.15, -0.1) is 0 Å². The fourth-order valence-corrected chi connectivity index (χ4v) is 2.23. The van der Waals surface area contributed by atoms with E-state index in [1.54, 1.807) is 13.0 Å². The maximum atomic E-state index is 12.4. The Morgan fingerprint density at radius 1 is 1.28 bits per heavy atom. The van der Waals surface area contributed by atoms with Gasteiger partial charge in [-0.2, -0.15) is 0 Å². The molecule has 25 heavy (non-hydrogen) atoms. The standard InChI is InChI=1S/C18H23N3O4/c1-13(2)21(10-17(22)19-16-9-14(3)25-20-16)18(23)12-24-11-15-7-5-4-6-8-15/h4-9,13H,10-12H2,1-3H3,(H,19,20,22). The molecule has 0 aliphatic heterocycles. The number of anilines is 1. The molecule has 0 aliphatic rings. The van der Waals surface area contributed by atoms with Gasteiger partial charge >= 0.3 is 0 Å². The molecule has 0 radical (unpaired) electrons. The smallest absolute Gasteiger partial charge is 0.249 e. The monoisotopic (exact) mass is 345 g/mol. The Bertz CT molecular complexity index is 697. The van der Waals surface area contributed by atoms with Crippen LogP contribution < -0.4 is 5.32 Å². The number of amides is 2. The fraction of sp³-hybridized carbons (Fsp3) is 0.389. The van der Waals surface area contributed by atoms with Crippen LogP contribution >= 0.6 is 0 Å². The summed E-state index contributed by atoms with van der Waals surface area (Å²) in [7, 11) is 0. The van der Waals surface area contributed by atoms with Crippen LogP contribution in [0.1, 0.15) is 25.2 Å². The van der Waals surface area contributed by atoms with Crippen molar-refractivity contribution in [2.75, 3.05) is 18.5 Å². The van der Waals surface area contributed by atoms with Crippen molar-refractivity contribution >= 4 is 17.6 Å². The Morgan fingerprint density at radius 3 is 2.60 bits per heavy atom. The average Bonchev–Trinajstić information content (AvgIpc) is 2.98. The molecule has 2 amide bonds. The summed E-state index contributed by atoms with van der Waals surface area (Å²) in [4.78, 5) is 25.9. The normalized spacial score (nSPS) is 10.7. The van der Waals surface area contributed by atoms with Gasteiger partial charge in [-0.25, -0.2) is 0 Å². The lowest BCUT2D eigenvalue weighted by Gasteiger charge is -2.25. The van der Waals surface area contributed by atoms with Crippen molar-refractivity contribution in [3.8, 4) is 0 Å². The maximum absolute atomic E-state index is 12.4. The van der Waals surface area contributed by atoms with E-state index in [0.29, 0.717) is 18.2 Å². The zero-order valence-corrected chi connectivity index (χ0v) is 14.7. The van der Waals surface area contributed by atoms with Gasteiger partial charge < -0.3 is 19.5 Å². The van der Waals surface area contributed by atoms with Crippen molar-refractivity contribution in [2.24, 2.45) is 0 Å². The first kappa shape index (κ1) is 18.7. The van der Waals surface area contributed by atoms with Crippen molar-refractivity contribution in [2.45, 2.75) is 33.4 Å². The van der Waals surface area contributed by atoms with Crippen LogP contribution in [-0.4, -0.2) is 41.1 Å². The number of ether oxygens (including phenoxy) is 1. The molecule has 0 saturated heterocycles. The van der Waals surface area contributed by atoms with Crippen molar-refractivity contribution in [3.63, 3.8) is 0 Å². The molecular weight excluding hydrogens is 322 g/mol. The van der Waals surface area contributed by atoms with E-state index in [0.717, 1.165) is 5.56 Å². The van der Waals surface area contributed by atoms with E-state index in [1.165, 1.54) is 4.90 Å². The number of carbonyl (C=O) groups is 2. The number of hydrogen-bond donors (Lipinski definition) is 1. The van der Waals surface area contributed by atoms with Gasteiger partial charge in [0.25, 0.3) is 0 Å². The summed E-state index contributed by atoms with van der Waals surface area (Å²) >= 11 is 0. The van der Waals surface area contributed by atoms with E-state index in [9.17, 15) is 9.59 Å². The lowest BCUT2D eigenvalue weighted by molar-refractivity contribution is -0.141. The van der Waals surface area contributed by atoms with Gasteiger partial charge in [-0.05, 0) is 26.3 Å². The number of hydrogen-bond acceptors (Lipinski definition) is 5. The highest BCUT2D eigenvalue weighted by molar-refractivity contribution is 5.94. The third kappa shape index (κ3) is 6.04. The molecule has 2 aromatic rings. The van der Waals surface area contributed by atoms with E-state index in [-0.39, 0.29) is 31.0 Å². The number of carbonyl (C=O) groups excluding carboxylic acids is 2. The van der Waals surface area contributed by atoms with E-state index in [4.69, 9.17) is 9.26 Å². The van der Waals surface area contributed by atoms with E-state index in [2.05, 4.69) is 10.5 Å². The van der Waals surface area contributed by atoms with Gasteiger partial charge in [-0.3, -0.25) is 9.59 Å². The summed E-state index contributed by atoms with van der Waals surface area (Å²) in [5.74, 6) is 0.358. The Balaban J connectivity index is 1.83. The van der Waals surface area contributed by atoms with Crippen LogP contribution in [0.4, 0.5) is 5.82 Å². The van der Waals surface area contributed by atoms with Crippen LogP contribution in [0.2, 0.25) is 0 Å². The topological polar surface area (TPSA) is 84.7 Å². The van der Waals surface area contributed by atoms with Crippen molar-refractivity contribution in [1.29, 1.82) is 0 Å². The van der Waals surface area contributed by atoms with Gasteiger partial charge in [0.15, 0.2) is 5.82 Å². The van der Waals surface area contributed by atoms with Crippen LogP contribution in [0.3, 0.4) is 0 Å². The molecule has 1 N–H and O–H groups in total. The molecule has 2 rings (SSSR count). The Morgan fingerprint density at radius 2 is 2.00 bits per heavy atom. The van der Waals surface area contributed by atoms with Crippen molar-refractivity contribution < 1.29 is 18.8 Å². The zero-order valence-electron chi connectivity index (χ0n) is 14.7. The molecule has 0 bridgehead atoms. The van der Waals surface area contributed by atoms with Crippen LogP contribution in [0.25, 0.3) is 0 Å². The number of nitrogens with one attached hydrogen (secondary N) is 1. The van der Waals surface area contributed by atoms with E-state index in [1.807, 2.05) is 44.2 Å². The predicted octanol–water partition coefficient (Wildman–Crippen LogP) is 2.38. The molecule has 0 spiro atoms. The van der Waals surface area contributed by atoms with Crippen molar-refractivity contribution in [3.05, 3.63) is 47.7 Å². The van der Waals surface area contributed by atoms with Crippen LogP contribution in [0, 0.1) is 6.92 Å². The second kappa shape index (κ2) is 8.98. The molecule has 0 atom stereocenters. The molecule has 1 aromatic heterocycles. The van der Waals surface area contributed by atoms with E-state index < -0.39 is 0 Å². The molecule has 0 fully saturated rings. The van der Waals surface area contributed by atoms with Crippen LogP contribution in [0.5, 0.6) is 0 Å². The third-order valence-electron chi connectivity index (χ3n) is 3.49. The number of benzene rings is 1. The number of aryl methyl sites for hydroxylation is 1. The van der Waals surface area contributed by atoms with Crippen molar-refractivity contribution in [1.82, 2.24) is 10.1 Å². The first-order valence-corrected chi connectivity index (χ1v) is 8.10. The van der Waals surface area contributed by atoms with Crippen LogP contribution in [-0.2, 0) is 20.9 Å². The van der Waals surface area contributed by atoms with Gasteiger partial charge in [0, 0.05) is 12.1 Å².